The molecule has 0 fully saturated rings. The molecular formula is C13H14N2O. The Morgan fingerprint density at radius 1 is 1.38 bits per heavy atom. The predicted octanol–water partition coefficient (Wildman–Crippen LogP) is 2.37. The van der Waals surface area contributed by atoms with E-state index >= 15 is 0 Å². The first-order valence-electron chi connectivity index (χ1n) is 5.44. The van der Waals surface area contributed by atoms with Crippen LogP contribution in [0.3, 0.4) is 0 Å². The zero-order valence-corrected chi connectivity index (χ0v) is 9.23. The topological polar surface area (TPSA) is 42.0 Å². The van der Waals surface area contributed by atoms with Crippen molar-refractivity contribution >= 4 is 16.8 Å². The van der Waals surface area contributed by atoms with E-state index < -0.39 is 0 Å². The quantitative estimate of drug-likeness (QED) is 0.852. The Hall–Kier alpha value is -1.90. The summed E-state index contributed by atoms with van der Waals surface area (Å²) in [4.78, 5) is 15.9. The molecule has 0 saturated heterocycles. The van der Waals surface area contributed by atoms with E-state index in [9.17, 15) is 4.79 Å². The standard InChI is InChI=1S/C13H14N2O/c1-2-7-15-13(16)11-5-6-12-10(9-11)4-3-8-14-12/h3-6,8-9H,2,7H2,1H3,(H,15,16). The lowest BCUT2D eigenvalue weighted by Crippen LogP contribution is -2.23. The predicted molar refractivity (Wildman–Crippen MR) is 64.4 cm³/mol. The van der Waals surface area contributed by atoms with Crippen molar-refractivity contribution in [3.63, 3.8) is 0 Å². The fraction of sp³-hybridized carbons (Fsp3) is 0.231. The van der Waals surface area contributed by atoms with Gasteiger partial charge in [-0.25, -0.2) is 0 Å². The van der Waals surface area contributed by atoms with Gasteiger partial charge >= 0.3 is 0 Å². The number of nitrogens with one attached hydrogen (secondary N) is 1. The molecule has 1 aromatic carbocycles. The molecule has 2 rings (SSSR count). The molecule has 0 aliphatic carbocycles. The molecule has 1 aromatic heterocycles. The van der Waals surface area contributed by atoms with E-state index in [1.165, 1.54) is 0 Å². The van der Waals surface area contributed by atoms with Gasteiger partial charge in [0.15, 0.2) is 0 Å². The minimum absolute atomic E-state index is 0.0207. The Morgan fingerprint density at radius 3 is 3.06 bits per heavy atom. The minimum atomic E-state index is -0.0207. The van der Waals surface area contributed by atoms with Gasteiger partial charge in [-0.05, 0) is 30.7 Å². The molecular weight excluding hydrogens is 200 g/mol. The number of carbonyl (C=O) groups is 1. The molecule has 0 spiro atoms. The minimum Gasteiger partial charge on any atom is -0.352 e. The molecule has 0 aliphatic rings. The third kappa shape index (κ3) is 2.19. The van der Waals surface area contributed by atoms with E-state index in [1.807, 2.05) is 31.2 Å². The molecule has 1 N–H and O–H groups in total. The summed E-state index contributed by atoms with van der Waals surface area (Å²) < 4.78 is 0. The average Bonchev–Trinajstić information content (AvgIpc) is 2.35. The van der Waals surface area contributed by atoms with Crippen molar-refractivity contribution in [3.05, 3.63) is 42.1 Å². The van der Waals surface area contributed by atoms with Crippen LogP contribution in [0.25, 0.3) is 10.9 Å². The van der Waals surface area contributed by atoms with Gasteiger partial charge in [-0.1, -0.05) is 13.0 Å². The monoisotopic (exact) mass is 214 g/mol. The number of aromatic nitrogens is 1. The van der Waals surface area contributed by atoms with Gasteiger partial charge < -0.3 is 5.32 Å². The second kappa shape index (κ2) is 4.75. The average molecular weight is 214 g/mol. The molecule has 1 amide bonds. The van der Waals surface area contributed by atoms with Crippen molar-refractivity contribution in [2.24, 2.45) is 0 Å². The van der Waals surface area contributed by atoms with E-state index in [1.54, 1.807) is 12.3 Å². The number of fused-ring (bicyclic) bond motifs is 1. The number of nitrogens with zero attached hydrogens (tertiary/aromatic N) is 1. The maximum absolute atomic E-state index is 11.7. The summed E-state index contributed by atoms with van der Waals surface area (Å²) in [7, 11) is 0. The molecule has 0 aliphatic heterocycles. The zero-order valence-electron chi connectivity index (χ0n) is 9.23. The maximum atomic E-state index is 11.7. The van der Waals surface area contributed by atoms with E-state index in [-0.39, 0.29) is 5.91 Å². The van der Waals surface area contributed by atoms with Gasteiger partial charge in [0.1, 0.15) is 0 Å². The molecule has 1 heterocycles. The van der Waals surface area contributed by atoms with Gasteiger partial charge in [-0.2, -0.15) is 0 Å². The first-order valence-corrected chi connectivity index (χ1v) is 5.44. The number of benzene rings is 1. The van der Waals surface area contributed by atoms with Gasteiger partial charge in [0.05, 0.1) is 5.52 Å². The number of carbonyl (C=O) groups excluding carboxylic acids is 1. The summed E-state index contributed by atoms with van der Waals surface area (Å²) in [5.41, 5.74) is 1.60. The molecule has 0 bridgehead atoms. The van der Waals surface area contributed by atoms with Crippen molar-refractivity contribution in [1.82, 2.24) is 10.3 Å². The van der Waals surface area contributed by atoms with E-state index in [2.05, 4.69) is 10.3 Å². The highest BCUT2D eigenvalue weighted by Gasteiger charge is 2.04. The number of hydrogen-bond acceptors (Lipinski definition) is 2. The summed E-state index contributed by atoms with van der Waals surface area (Å²) in [6.07, 6.45) is 2.69. The van der Waals surface area contributed by atoms with Crippen LogP contribution in [0.15, 0.2) is 36.5 Å². The molecule has 3 nitrogen and oxygen atoms in total. The van der Waals surface area contributed by atoms with Gasteiger partial charge in [0, 0.05) is 23.7 Å². The second-order valence-corrected chi connectivity index (χ2v) is 3.67. The van der Waals surface area contributed by atoms with Crippen LogP contribution in [0.2, 0.25) is 0 Å². The molecule has 2 aromatic rings. The lowest BCUT2D eigenvalue weighted by Gasteiger charge is -2.04. The van der Waals surface area contributed by atoms with Gasteiger partial charge in [-0.3, -0.25) is 9.78 Å². The second-order valence-electron chi connectivity index (χ2n) is 3.67. The Balaban J connectivity index is 2.28. The van der Waals surface area contributed by atoms with Gasteiger partial charge in [0.25, 0.3) is 5.91 Å². The van der Waals surface area contributed by atoms with Crippen molar-refractivity contribution in [1.29, 1.82) is 0 Å². The van der Waals surface area contributed by atoms with E-state index in [0.29, 0.717) is 12.1 Å². The van der Waals surface area contributed by atoms with Crippen LogP contribution >= 0.6 is 0 Å². The largest absolute Gasteiger partial charge is 0.352 e. The Labute approximate surface area is 94.5 Å². The molecule has 0 saturated carbocycles. The molecule has 82 valence electrons. The summed E-state index contributed by atoms with van der Waals surface area (Å²) >= 11 is 0. The number of pyridine rings is 1. The summed E-state index contributed by atoms with van der Waals surface area (Å²) in [6, 6.07) is 9.37. The van der Waals surface area contributed by atoms with Crippen LogP contribution in [0, 0.1) is 0 Å². The highest BCUT2D eigenvalue weighted by atomic mass is 16.1. The van der Waals surface area contributed by atoms with Crippen molar-refractivity contribution < 1.29 is 4.79 Å². The summed E-state index contributed by atoms with van der Waals surface area (Å²) in [5, 5.41) is 3.85. The Morgan fingerprint density at radius 2 is 2.25 bits per heavy atom. The lowest BCUT2D eigenvalue weighted by atomic mass is 10.1. The van der Waals surface area contributed by atoms with Gasteiger partial charge in [0.2, 0.25) is 0 Å². The van der Waals surface area contributed by atoms with Crippen LogP contribution in [0.4, 0.5) is 0 Å². The fourth-order valence-corrected chi connectivity index (χ4v) is 1.56. The molecule has 3 heteroatoms. The molecule has 0 atom stereocenters. The first kappa shape index (κ1) is 10.6. The van der Waals surface area contributed by atoms with E-state index in [0.717, 1.165) is 17.3 Å². The Kier molecular flexibility index (Phi) is 3.15. The van der Waals surface area contributed by atoms with Crippen LogP contribution in [0.5, 0.6) is 0 Å². The molecule has 0 unspecified atom stereocenters. The maximum Gasteiger partial charge on any atom is 0.251 e. The zero-order chi connectivity index (χ0) is 11.4. The van der Waals surface area contributed by atoms with Crippen LogP contribution in [0.1, 0.15) is 23.7 Å². The SMILES string of the molecule is CCCNC(=O)c1ccc2ncccc2c1. The smallest absolute Gasteiger partial charge is 0.251 e. The molecule has 0 radical (unpaired) electrons. The highest BCUT2D eigenvalue weighted by molar-refractivity contribution is 5.97. The van der Waals surface area contributed by atoms with Crippen molar-refractivity contribution in [2.75, 3.05) is 6.54 Å². The van der Waals surface area contributed by atoms with E-state index in [4.69, 9.17) is 0 Å². The third-order valence-electron chi connectivity index (χ3n) is 2.40. The molecule has 16 heavy (non-hydrogen) atoms. The van der Waals surface area contributed by atoms with Crippen LogP contribution < -0.4 is 5.32 Å². The van der Waals surface area contributed by atoms with Crippen LogP contribution in [-0.2, 0) is 0 Å². The lowest BCUT2D eigenvalue weighted by molar-refractivity contribution is 0.0954. The van der Waals surface area contributed by atoms with Crippen LogP contribution in [-0.4, -0.2) is 17.4 Å². The summed E-state index contributed by atoms with van der Waals surface area (Å²) in [5.74, 6) is -0.0207. The fourth-order valence-electron chi connectivity index (χ4n) is 1.56. The highest BCUT2D eigenvalue weighted by Crippen LogP contribution is 2.13. The summed E-state index contributed by atoms with van der Waals surface area (Å²) in [6.45, 7) is 2.74. The number of hydrogen-bond donors (Lipinski definition) is 1. The number of rotatable bonds is 3. The number of amides is 1. The van der Waals surface area contributed by atoms with Gasteiger partial charge in [-0.15, -0.1) is 0 Å². The first-order chi connectivity index (χ1) is 7.81. The van der Waals surface area contributed by atoms with Crippen molar-refractivity contribution in [3.8, 4) is 0 Å². The van der Waals surface area contributed by atoms with Crippen molar-refractivity contribution in [2.45, 2.75) is 13.3 Å². The third-order valence-corrected chi connectivity index (χ3v) is 2.40. The Bertz CT molecular complexity index is 508. The normalized spacial score (nSPS) is 10.3.